The molecule has 1 atom stereocenters. The van der Waals surface area contributed by atoms with Crippen molar-refractivity contribution in [3.8, 4) is 0 Å². The smallest absolute Gasteiger partial charge is 0.0232 e. The zero-order valence-electron chi connectivity index (χ0n) is 8.43. The summed E-state index contributed by atoms with van der Waals surface area (Å²) in [4.78, 5) is 2.51. The van der Waals surface area contributed by atoms with E-state index < -0.39 is 0 Å². The van der Waals surface area contributed by atoms with Crippen LogP contribution >= 0.6 is 0 Å². The lowest BCUT2D eigenvalue weighted by molar-refractivity contribution is 0.419. The highest BCUT2D eigenvalue weighted by atomic mass is 15.2. The van der Waals surface area contributed by atoms with Crippen molar-refractivity contribution in [1.82, 2.24) is 4.90 Å². The van der Waals surface area contributed by atoms with E-state index in [1.807, 2.05) is 0 Å². The van der Waals surface area contributed by atoms with Gasteiger partial charge in [0.2, 0.25) is 0 Å². The molecule has 68 valence electrons. The highest BCUT2D eigenvalue weighted by Gasteiger charge is 2.52. The first-order chi connectivity index (χ1) is 5.62. The Labute approximate surface area is 75.4 Å². The SMILES string of the molecule is CC(C)=CN1C[C@@H](C)C2(CC2)C1. The van der Waals surface area contributed by atoms with Gasteiger partial charge in [-0.3, -0.25) is 0 Å². The van der Waals surface area contributed by atoms with Crippen molar-refractivity contribution in [3.63, 3.8) is 0 Å². The molecular weight excluding hydrogens is 146 g/mol. The second kappa shape index (κ2) is 2.51. The highest BCUT2D eigenvalue weighted by molar-refractivity contribution is 5.08. The van der Waals surface area contributed by atoms with Crippen LogP contribution < -0.4 is 0 Å². The maximum absolute atomic E-state index is 2.51. The topological polar surface area (TPSA) is 3.24 Å². The standard InChI is InChI=1S/C11H19N/c1-9(2)6-12-7-10(3)11(8-12)4-5-11/h6,10H,4-5,7-8H2,1-3H3/t10-/m1/s1. The molecule has 1 spiro atoms. The van der Waals surface area contributed by atoms with Crippen molar-refractivity contribution in [3.05, 3.63) is 11.8 Å². The molecule has 1 aliphatic heterocycles. The molecular formula is C11H19N. The molecule has 0 aromatic rings. The average Bonchev–Trinajstić information content (AvgIpc) is 2.60. The fourth-order valence-corrected chi connectivity index (χ4v) is 2.45. The van der Waals surface area contributed by atoms with Gasteiger partial charge in [0.25, 0.3) is 0 Å². The summed E-state index contributed by atoms with van der Waals surface area (Å²) in [7, 11) is 0. The van der Waals surface area contributed by atoms with Crippen LogP contribution in [0.25, 0.3) is 0 Å². The van der Waals surface area contributed by atoms with Crippen LogP contribution in [0.2, 0.25) is 0 Å². The first-order valence-electron chi connectivity index (χ1n) is 5.01. The Kier molecular flexibility index (Phi) is 1.71. The lowest BCUT2D eigenvalue weighted by atomic mass is 9.95. The molecule has 0 aromatic carbocycles. The molecule has 1 heterocycles. The summed E-state index contributed by atoms with van der Waals surface area (Å²) in [5.74, 6) is 0.924. The Morgan fingerprint density at radius 3 is 2.50 bits per heavy atom. The van der Waals surface area contributed by atoms with Crippen LogP contribution in [0.4, 0.5) is 0 Å². The van der Waals surface area contributed by atoms with E-state index in [0.29, 0.717) is 0 Å². The first-order valence-corrected chi connectivity index (χ1v) is 5.01. The van der Waals surface area contributed by atoms with Gasteiger partial charge in [-0.05, 0) is 44.2 Å². The third kappa shape index (κ3) is 1.26. The maximum atomic E-state index is 2.51. The lowest BCUT2D eigenvalue weighted by Crippen LogP contribution is -2.13. The minimum absolute atomic E-state index is 0.742. The molecule has 0 bridgehead atoms. The van der Waals surface area contributed by atoms with Crippen molar-refractivity contribution in [2.45, 2.75) is 33.6 Å². The second-order valence-corrected chi connectivity index (χ2v) is 4.90. The molecule has 0 N–H and O–H groups in total. The fraction of sp³-hybridized carbons (Fsp3) is 0.818. The predicted octanol–water partition coefficient (Wildman–Crippen LogP) is 2.64. The summed E-state index contributed by atoms with van der Waals surface area (Å²) >= 11 is 0. The molecule has 0 radical (unpaired) electrons. The Balaban J connectivity index is 2.02. The van der Waals surface area contributed by atoms with Gasteiger partial charge in [-0.15, -0.1) is 0 Å². The molecule has 2 rings (SSSR count). The van der Waals surface area contributed by atoms with Crippen LogP contribution in [0.5, 0.6) is 0 Å². The Morgan fingerprint density at radius 1 is 1.42 bits per heavy atom. The quantitative estimate of drug-likeness (QED) is 0.577. The van der Waals surface area contributed by atoms with Gasteiger partial charge in [0, 0.05) is 13.1 Å². The Morgan fingerprint density at radius 2 is 2.08 bits per heavy atom. The number of hydrogen-bond acceptors (Lipinski definition) is 1. The first kappa shape index (κ1) is 8.15. The van der Waals surface area contributed by atoms with E-state index in [4.69, 9.17) is 0 Å². The molecule has 1 nitrogen and oxygen atoms in total. The van der Waals surface area contributed by atoms with Crippen LogP contribution in [0.3, 0.4) is 0 Å². The molecule has 1 aliphatic carbocycles. The third-order valence-corrected chi connectivity index (χ3v) is 3.40. The van der Waals surface area contributed by atoms with Crippen LogP contribution in [0.1, 0.15) is 33.6 Å². The number of rotatable bonds is 1. The van der Waals surface area contributed by atoms with Crippen molar-refractivity contribution < 1.29 is 0 Å². The van der Waals surface area contributed by atoms with E-state index in [1.54, 1.807) is 0 Å². The molecule has 0 amide bonds. The summed E-state index contributed by atoms with van der Waals surface area (Å²) < 4.78 is 0. The highest BCUT2D eigenvalue weighted by Crippen LogP contribution is 2.56. The lowest BCUT2D eigenvalue weighted by Gasteiger charge is -2.12. The maximum Gasteiger partial charge on any atom is 0.0232 e. The normalized spacial score (nSPS) is 30.9. The van der Waals surface area contributed by atoms with Crippen molar-refractivity contribution >= 4 is 0 Å². The van der Waals surface area contributed by atoms with Crippen LogP contribution in [-0.4, -0.2) is 18.0 Å². The van der Waals surface area contributed by atoms with Crippen LogP contribution in [0.15, 0.2) is 11.8 Å². The van der Waals surface area contributed by atoms with E-state index >= 15 is 0 Å². The predicted molar refractivity (Wildman–Crippen MR) is 51.8 cm³/mol. The van der Waals surface area contributed by atoms with E-state index in [0.717, 1.165) is 11.3 Å². The molecule has 1 heteroatoms. The zero-order valence-corrected chi connectivity index (χ0v) is 8.43. The van der Waals surface area contributed by atoms with Gasteiger partial charge in [-0.1, -0.05) is 12.5 Å². The largest absolute Gasteiger partial charge is 0.377 e. The fourth-order valence-electron chi connectivity index (χ4n) is 2.45. The summed E-state index contributed by atoms with van der Waals surface area (Å²) in [6.45, 7) is 9.38. The summed E-state index contributed by atoms with van der Waals surface area (Å²) in [6.07, 6.45) is 5.27. The molecule has 2 aliphatic rings. The zero-order chi connectivity index (χ0) is 8.77. The number of hydrogen-bond donors (Lipinski definition) is 0. The number of likely N-dealkylation sites (tertiary alicyclic amines) is 1. The minimum Gasteiger partial charge on any atom is -0.377 e. The molecule has 12 heavy (non-hydrogen) atoms. The van der Waals surface area contributed by atoms with Gasteiger partial charge in [0.1, 0.15) is 0 Å². The molecule has 0 aromatic heterocycles. The van der Waals surface area contributed by atoms with Crippen molar-refractivity contribution in [2.75, 3.05) is 13.1 Å². The van der Waals surface area contributed by atoms with E-state index in [1.165, 1.54) is 31.5 Å². The molecule has 1 saturated carbocycles. The Bertz CT molecular complexity index is 209. The van der Waals surface area contributed by atoms with Crippen molar-refractivity contribution in [2.24, 2.45) is 11.3 Å². The average molecular weight is 165 g/mol. The number of nitrogens with zero attached hydrogens (tertiary/aromatic N) is 1. The monoisotopic (exact) mass is 165 g/mol. The summed E-state index contributed by atoms with van der Waals surface area (Å²) in [5.41, 5.74) is 2.17. The van der Waals surface area contributed by atoms with Crippen molar-refractivity contribution in [1.29, 1.82) is 0 Å². The van der Waals surface area contributed by atoms with Gasteiger partial charge in [-0.2, -0.15) is 0 Å². The van der Waals surface area contributed by atoms with Crippen LogP contribution in [0, 0.1) is 11.3 Å². The summed E-state index contributed by atoms with van der Waals surface area (Å²) in [5, 5.41) is 0. The summed E-state index contributed by atoms with van der Waals surface area (Å²) in [6, 6.07) is 0. The minimum atomic E-state index is 0.742. The molecule has 2 fully saturated rings. The van der Waals surface area contributed by atoms with Crippen LogP contribution in [-0.2, 0) is 0 Å². The second-order valence-electron chi connectivity index (χ2n) is 4.90. The van der Waals surface area contributed by atoms with E-state index in [-0.39, 0.29) is 0 Å². The van der Waals surface area contributed by atoms with Gasteiger partial charge in [-0.25, -0.2) is 0 Å². The van der Waals surface area contributed by atoms with E-state index in [2.05, 4.69) is 31.9 Å². The van der Waals surface area contributed by atoms with Gasteiger partial charge < -0.3 is 4.90 Å². The Hall–Kier alpha value is -0.460. The number of allylic oxidation sites excluding steroid dienone is 1. The van der Waals surface area contributed by atoms with Gasteiger partial charge in [0.15, 0.2) is 0 Å². The van der Waals surface area contributed by atoms with Gasteiger partial charge in [0.05, 0.1) is 0 Å². The molecule has 0 unspecified atom stereocenters. The van der Waals surface area contributed by atoms with Gasteiger partial charge >= 0.3 is 0 Å². The molecule has 1 saturated heterocycles. The van der Waals surface area contributed by atoms with E-state index in [9.17, 15) is 0 Å². The third-order valence-electron chi connectivity index (χ3n) is 3.40.